The maximum absolute atomic E-state index is 5.36. The third-order valence-corrected chi connectivity index (χ3v) is 21.2. The number of rotatable bonds is 12. The monoisotopic (exact) mass is 1460 g/mol. The van der Waals surface area contributed by atoms with Crippen molar-refractivity contribution in [1.29, 1.82) is 0 Å². The van der Waals surface area contributed by atoms with Gasteiger partial charge in [-0.3, -0.25) is 9.97 Å². The fourth-order valence-corrected chi connectivity index (χ4v) is 15.7. The molecule has 9 aromatic heterocycles. The van der Waals surface area contributed by atoms with E-state index in [2.05, 4.69) is 240 Å². The molecule has 0 aliphatic heterocycles. The Morgan fingerprint density at radius 3 is 1.04 bits per heavy atom. The molecule has 13 nitrogen and oxygen atoms in total. The van der Waals surface area contributed by atoms with Gasteiger partial charge in [0.25, 0.3) is 0 Å². The minimum Gasteiger partial charge on any atom is -0.255 e. The van der Waals surface area contributed by atoms with Gasteiger partial charge in [-0.2, -0.15) is 9.59 Å². The average Bonchev–Trinajstić information content (AvgIpc) is 1.44. The van der Waals surface area contributed by atoms with Crippen LogP contribution in [0, 0.1) is 0 Å². The lowest BCUT2D eigenvalue weighted by Gasteiger charge is -2.14. The topological polar surface area (TPSA) is 152 Å². The highest BCUT2D eigenvalue weighted by Crippen LogP contribution is 2.45. The number of fused-ring (bicyclic) bond motifs is 13. The Hall–Kier alpha value is -15.7. The summed E-state index contributed by atoms with van der Waals surface area (Å²) in [5, 5.41) is 28.9. The van der Waals surface area contributed by atoms with Crippen LogP contribution in [0.3, 0.4) is 0 Å². The molecule has 0 atom stereocenters. The summed E-state index contributed by atoms with van der Waals surface area (Å²) in [5.41, 5.74) is 28.1. The quantitative estimate of drug-likeness (QED) is 0.107. The lowest BCUT2D eigenvalue weighted by atomic mass is 9.93. The predicted molar refractivity (Wildman–Crippen MR) is 462 cm³/mol. The molecule has 22 rings (SSSR count). The summed E-state index contributed by atoms with van der Waals surface area (Å²) in [6.07, 6.45) is 3.59. The molecule has 0 saturated heterocycles. The van der Waals surface area contributed by atoms with Crippen LogP contribution < -0.4 is 0 Å². The van der Waals surface area contributed by atoms with Gasteiger partial charge in [0.1, 0.15) is 22.1 Å². The van der Waals surface area contributed by atoms with Gasteiger partial charge in [0, 0.05) is 88.9 Å². The second-order valence-electron chi connectivity index (χ2n) is 28.2. The van der Waals surface area contributed by atoms with Crippen LogP contribution in [0.4, 0.5) is 0 Å². The summed E-state index contributed by atoms with van der Waals surface area (Å²) in [4.78, 5) is 38.8. The Morgan fingerprint density at radius 1 is 0.193 bits per heavy atom. The third kappa shape index (κ3) is 12.2. The minimum atomic E-state index is 0.797. The van der Waals surface area contributed by atoms with Gasteiger partial charge in [0.2, 0.25) is 0 Å². The molecule has 0 aliphatic rings. The van der Waals surface area contributed by atoms with Gasteiger partial charge in [-0.15, -0.1) is 20.4 Å². The Kier molecular flexibility index (Phi) is 16.5. The summed E-state index contributed by atoms with van der Waals surface area (Å²) >= 11 is 0. The number of hydrogen-bond donors (Lipinski definition) is 0. The van der Waals surface area contributed by atoms with E-state index in [1.165, 1.54) is 0 Å². The SMILES string of the molecule is c1ccc(-c2cc3c(-c4cccc(-c5ccc(-c6cc(-c7ccccn7)nc(-c7ccccn7)c6)cc5)c4)nc4ccccc4c3c3nn(-c4ccccc4)nc23)cc1.c1ccc(-c2ccc3ccc4ccc(-c5cccc(-c6nc7ccccc7c7c6cc(-c6ccccc6)c6nn(-c8ccccc8)nc67)c5)nc4c3n2)cc1. The average molecular weight is 1460 g/mol. The van der Waals surface area contributed by atoms with E-state index in [9.17, 15) is 0 Å². The molecule has 0 fully saturated rings. The van der Waals surface area contributed by atoms with Crippen LogP contribution in [0.1, 0.15) is 0 Å². The van der Waals surface area contributed by atoms with Crippen molar-refractivity contribution in [1.82, 2.24) is 64.9 Å². The number of nitrogens with zero attached hydrogens (tertiary/aromatic N) is 13. The van der Waals surface area contributed by atoms with Crippen molar-refractivity contribution in [2.45, 2.75) is 0 Å². The maximum atomic E-state index is 5.36. The highest BCUT2D eigenvalue weighted by atomic mass is 15.5. The first-order chi connectivity index (χ1) is 56.5. The largest absolute Gasteiger partial charge is 0.255 e. The van der Waals surface area contributed by atoms with Gasteiger partial charge in [-0.25, -0.2) is 24.9 Å². The minimum absolute atomic E-state index is 0.797. The zero-order valence-corrected chi connectivity index (χ0v) is 61.2. The Morgan fingerprint density at radius 2 is 0.570 bits per heavy atom. The van der Waals surface area contributed by atoms with Crippen molar-refractivity contribution in [3.8, 4) is 124 Å². The van der Waals surface area contributed by atoms with Gasteiger partial charge in [-0.05, 0) is 143 Å². The van der Waals surface area contributed by atoms with Gasteiger partial charge in [0.05, 0.1) is 79.0 Å². The van der Waals surface area contributed by atoms with E-state index in [1.54, 1.807) is 22.0 Å². The Labute approximate surface area is 654 Å². The number of aromatic nitrogens is 13. The van der Waals surface area contributed by atoms with E-state index >= 15 is 0 Å². The van der Waals surface area contributed by atoms with E-state index in [-0.39, 0.29) is 0 Å². The van der Waals surface area contributed by atoms with Crippen LogP contribution in [0.2, 0.25) is 0 Å². The second-order valence-corrected chi connectivity index (χ2v) is 28.2. The summed E-state index contributed by atoms with van der Waals surface area (Å²) in [6.45, 7) is 0. The first-order valence-electron chi connectivity index (χ1n) is 37.9. The summed E-state index contributed by atoms with van der Waals surface area (Å²) < 4.78 is 0. The van der Waals surface area contributed by atoms with Crippen molar-refractivity contribution >= 4 is 87.2 Å². The summed E-state index contributed by atoms with van der Waals surface area (Å²) in [6, 6.07) is 127. The van der Waals surface area contributed by atoms with Crippen molar-refractivity contribution in [2.75, 3.05) is 0 Å². The zero-order chi connectivity index (χ0) is 75.4. The molecule has 22 aromatic rings. The normalized spacial score (nSPS) is 11.5. The standard InChI is InChI=1S/C52H33N7.C49H30N6/c1-3-14-36(15-4-1)42-33-43-49(52-51(42)57-59(58-52)40-18-5-2-6-19-40)41-20-7-8-21-44(41)56-50(43)38-17-13-16-37(30-38)34-24-26-35(27-25-34)39-31-47(45-22-9-11-28-53-45)55-48(32-39)46-23-10-12-29-54-46;1-4-13-31(14-5-1)39-30-40-44(49-48(39)53-55(54-49)37-19-8-3-9-20-37)38-21-10-11-22-43(38)52-45(40)36-18-12-17-35(29-36)42-28-26-34-24-23-33-25-27-41(32-15-6-2-7-16-32)50-46(33)47(34)51-42/h1-33H;1-30H. The number of pyridine rings is 7. The van der Waals surface area contributed by atoms with Gasteiger partial charge in [0.15, 0.2) is 0 Å². The van der Waals surface area contributed by atoms with Crippen molar-refractivity contribution in [3.05, 3.63) is 382 Å². The van der Waals surface area contributed by atoms with E-state index in [4.69, 9.17) is 45.3 Å². The van der Waals surface area contributed by atoms with Crippen LogP contribution in [0.5, 0.6) is 0 Å². The first kappa shape index (κ1) is 66.5. The van der Waals surface area contributed by atoms with Crippen molar-refractivity contribution in [2.24, 2.45) is 0 Å². The third-order valence-electron chi connectivity index (χ3n) is 21.2. The van der Waals surface area contributed by atoms with E-state index < -0.39 is 0 Å². The lowest BCUT2D eigenvalue weighted by molar-refractivity contribution is 0.766. The molecule has 13 aromatic carbocycles. The van der Waals surface area contributed by atoms with E-state index in [0.29, 0.717) is 0 Å². The summed E-state index contributed by atoms with van der Waals surface area (Å²) in [5.74, 6) is 0. The van der Waals surface area contributed by atoms with Crippen LogP contribution in [-0.2, 0) is 0 Å². The number of para-hydroxylation sites is 4. The highest BCUT2D eigenvalue weighted by Gasteiger charge is 2.25. The second kappa shape index (κ2) is 28.4. The van der Waals surface area contributed by atoms with Crippen LogP contribution in [-0.4, -0.2) is 64.9 Å². The highest BCUT2D eigenvalue weighted by molar-refractivity contribution is 6.25. The molecule has 9 heterocycles. The number of benzene rings is 13. The molecule has 0 amide bonds. The molecule has 0 bridgehead atoms. The fourth-order valence-electron chi connectivity index (χ4n) is 15.7. The van der Waals surface area contributed by atoms with Gasteiger partial charge < -0.3 is 0 Å². The van der Waals surface area contributed by atoms with E-state index in [0.717, 1.165) is 211 Å². The van der Waals surface area contributed by atoms with Crippen LogP contribution in [0.15, 0.2) is 382 Å². The van der Waals surface area contributed by atoms with Crippen molar-refractivity contribution in [3.63, 3.8) is 0 Å². The molecule has 114 heavy (non-hydrogen) atoms. The lowest BCUT2D eigenvalue weighted by Crippen LogP contribution is -1.97. The Bertz CT molecular complexity index is 7380. The van der Waals surface area contributed by atoms with Crippen molar-refractivity contribution < 1.29 is 0 Å². The fraction of sp³-hybridized carbons (Fsp3) is 0. The van der Waals surface area contributed by atoms with Crippen LogP contribution >= 0.6 is 0 Å². The number of hydrogen-bond acceptors (Lipinski definition) is 11. The smallest absolute Gasteiger partial charge is 0.122 e. The molecule has 0 unspecified atom stereocenters. The predicted octanol–water partition coefficient (Wildman–Crippen LogP) is 24.2. The zero-order valence-electron chi connectivity index (χ0n) is 61.2. The molecule has 0 spiro atoms. The molecular weight excluding hydrogens is 1400 g/mol. The first-order valence-corrected chi connectivity index (χ1v) is 37.9. The summed E-state index contributed by atoms with van der Waals surface area (Å²) in [7, 11) is 0. The molecule has 0 saturated carbocycles. The maximum Gasteiger partial charge on any atom is 0.122 e. The molecule has 0 aliphatic carbocycles. The molecule has 13 heteroatoms. The molecule has 532 valence electrons. The molecule has 0 radical (unpaired) electrons. The van der Waals surface area contributed by atoms with Gasteiger partial charge in [-0.1, -0.05) is 261 Å². The van der Waals surface area contributed by atoms with Gasteiger partial charge >= 0.3 is 0 Å². The van der Waals surface area contributed by atoms with E-state index in [1.807, 2.05) is 140 Å². The molecular formula is C101H63N13. The molecule has 0 N–H and O–H groups in total. The van der Waals surface area contributed by atoms with Crippen LogP contribution in [0.25, 0.3) is 211 Å². The Balaban J connectivity index is 0.000000144.